The molecule has 2 aromatic rings. The highest BCUT2D eigenvalue weighted by Gasteiger charge is 2.21. The number of benzene rings is 1. The van der Waals surface area contributed by atoms with Crippen LogP contribution in [0.15, 0.2) is 28.1 Å². The highest BCUT2D eigenvalue weighted by molar-refractivity contribution is 9.11. The van der Waals surface area contributed by atoms with E-state index >= 15 is 0 Å². The first-order chi connectivity index (χ1) is 8.54. The molecule has 0 fully saturated rings. The van der Waals surface area contributed by atoms with Gasteiger partial charge in [0.15, 0.2) is 0 Å². The fourth-order valence-electron chi connectivity index (χ4n) is 1.69. The lowest BCUT2D eigenvalue weighted by Gasteiger charge is -2.13. The Labute approximate surface area is 126 Å². The number of hydrogen-bond acceptors (Lipinski definition) is 2. The van der Waals surface area contributed by atoms with Crippen LogP contribution in [-0.4, -0.2) is 7.11 Å². The number of methoxy groups -OCH3 is 1. The van der Waals surface area contributed by atoms with Crippen molar-refractivity contribution in [3.05, 3.63) is 49.9 Å². The Morgan fingerprint density at radius 3 is 2.67 bits per heavy atom. The van der Waals surface area contributed by atoms with Crippen molar-refractivity contribution in [2.75, 3.05) is 7.11 Å². The van der Waals surface area contributed by atoms with E-state index < -0.39 is 0 Å². The minimum Gasteiger partial charge on any atom is -0.496 e. The van der Waals surface area contributed by atoms with Crippen molar-refractivity contribution >= 4 is 43.2 Å². The van der Waals surface area contributed by atoms with Gasteiger partial charge in [0.25, 0.3) is 0 Å². The number of aryl methyl sites for hydroxylation is 1. The number of alkyl halides is 1. The summed E-state index contributed by atoms with van der Waals surface area (Å²) in [6.45, 7) is 2.02. The lowest BCUT2D eigenvalue weighted by molar-refractivity contribution is 0.405. The summed E-state index contributed by atoms with van der Waals surface area (Å²) >= 11 is 8.63. The zero-order valence-electron chi connectivity index (χ0n) is 9.84. The van der Waals surface area contributed by atoms with E-state index in [1.165, 1.54) is 6.07 Å². The number of ether oxygens (including phenoxy) is 1. The molecule has 0 bridgehead atoms. The zero-order chi connectivity index (χ0) is 13.3. The first kappa shape index (κ1) is 14.0. The van der Waals surface area contributed by atoms with E-state index in [0.29, 0.717) is 11.3 Å². The molecule has 0 saturated carbocycles. The number of thiophene rings is 1. The molecule has 0 aliphatic carbocycles. The smallest absolute Gasteiger partial charge is 0.131 e. The second kappa shape index (κ2) is 5.72. The molecule has 0 aliphatic heterocycles. The van der Waals surface area contributed by atoms with Gasteiger partial charge < -0.3 is 4.74 Å². The van der Waals surface area contributed by atoms with Gasteiger partial charge in [-0.25, -0.2) is 4.39 Å². The molecule has 1 atom stereocenters. The Morgan fingerprint density at radius 1 is 1.39 bits per heavy atom. The third kappa shape index (κ3) is 2.63. The third-order valence-electron chi connectivity index (χ3n) is 2.61. The van der Waals surface area contributed by atoms with Crippen molar-refractivity contribution in [3.8, 4) is 5.75 Å². The molecule has 0 amide bonds. The minimum atomic E-state index is -0.265. The van der Waals surface area contributed by atoms with Crippen molar-refractivity contribution in [3.63, 3.8) is 0 Å². The average molecular weight is 394 g/mol. The molecule has 1 aromatic carbocycles. The van der Waals surface area contributed by atoms with Crippen LogP contribution in [-0.2, 0) is 0 Å². The Hall–Kier alpha value is -0.390. The maximum atomic E-state index is 14.0. The van der Waals surface area contributed by atoms with Crippen LogP contribution in [0.25, 0.3) is 0 Å². The van der Waals surface area contributed by atoms with Gasteiger partial charge in [0.1, 0.15) is 11.6 Å². The summed E-state index contributed by atoms with van der Waals surface area (Å²) in [5.41, 5.74) is 1.68. The molecule has 2 rings (SSSR count). The summed E-state index contributed by atoms with van der Waals surface area (Å²) in [5.74, 6) is 0.289. The van der Waals surface area contributed by atoms with Crippen LogP contribution >= 0.6 is 43.2 Å². The summed E-state index contributed by atoms with van der Waals surface area (Å²) in [6, 6.07) is 6.90. The Balaban J connectivity index is 2.48. The van der Waals surface area contributed by atoms with E-state index in [1.54, 1.807) is 30.6 Å². The van der Waals surface area contributed by atoms with Crippen LogP contribution in [0, 0.1) is 12.7 Å². The quantitative estimate of drug-likeness (QED) is 0.630. The van der Waals surface area contributed by atoms with Crippen LogP contribution in [0.1, 0.15) is 20.8 Å². The average Bonchev–Trinajstić information content (AvgIpc) is 2.68. The second-order valence-corrected chi connectivity index (χ2v) is 7.14. The molecule has 1 nitrogen and oxygen atoms in total. The molecule has 18 heavy (non-hydrogen) atoms. The van der Waals surface area contributed by atoms with E-state index in [0.717, 1.165) is 14.2 Å². The zero-order valence-corrected chi connectivity index (χ0v) is 13.8. The summed E-state index contributed by atoms with van der Waals surface area (Å²) in [5, 5.41) is 0. The first-order valence-electron chi connectivity index (χ1n) is 5.27. The van der Waals surface area contributed by atoms with Gasteiger partial charge >= 0.3 is 0 Å². The van der Waals surface area contributed by atoms with Gasteiger partial charge in [0.05, 0.1) is 15.7 Å². The van der Waals surface area contributed by atoms with Gasteiger partial charge in [-0.2, -0.15) is 0 Å². The summed E-state index contributed by atoms with van der Waals surface area (Å²) in [7, 11) is 1.55. The lowest BCUT2D eigenvalue weighted by atomic mass is 10.1. The fraction of sp³-hybridized carbons (Fsp3) is 0.231. The molecule has 0 saturated heterocycles. The van der Waals surface area contributed by atoms with Gasteiger partial charge in [-0.15, -0.1) is 11.3 Å². The molecule has 1 heterocycles. The van der Waals surface area contributed by atoms with E-state index in [1.807, 2.05) is 13.0 Å². The van der Waals surface area contributed by atoms with E-state index in [4.69, 9.17) is 4.74 Å². The monoisotopic (exact) mass is 392 g/mol. The van der Waals surface area contributed by atoms with Crippen molar-refractivity contribution < 1.29 is 9.13 Å². The Bertz CT molecular complexity index is 549. The first-order valence-corrected chi connectivity index (χ1v) is 7.79. The molecule has 5 heteroatoms. The van der Waals surface area contributed by atoms with Gasteiger partial charge in [0, 0.05) is 10.4 Å². The minimum absolute atomic E-state index is 0.205. The van der Waals surface area contributed by atoms with Crippen molar-refractivity contribution in [1.82, 2.24) is 0 Å². The Morgan fingerprint density at radius 2 is 2.11 bits per heavy atom. The predicted octanol–water partition coefficient (Wildman–Crippen LogP) is 5.45. The Kier molecular flexibility index (Phi) is 4.45. The van der Waals surface area contributed by atoms with Crippen molar-refractivity contribution in [1.29, 1.82) is 0 Å². The molecule has 0 aliphatic rings. The van der Waals surface area contributed by atoms with Gasteiger partial charge in [-0.05, 0) is 46.6 Å². The van der Waals surface area contributed by atoms with Gasteiger partial charge in [0.2, 0.25) is 0 Å². The lowest BCUT2D eigenvalue weighted by Crippen LogP contribution is -1.99. The van der Waals surface area contributed by atoms with Crippen LogP contribution in [0.3, 0.4) is 0 Å². The van der Waals surface area contributed by atoms with Crippen LogP contribution in [0.5, 0.6) is 5.75 Å². The number of rotatable bonds is 3. The van der Waals surface area contributed by atoms with E-state index in [9.17, 15) is 4.39 Å². The standard InChI is InChI=1S/C13H11Br2FOS/c1-7-6-10(18-13(7)15)12(14)11-8(16)4-3-5-9(11)17-2/h3-6,12H,1-2H3. The van der Waals surface area contributed by atoms with Crippen molar-refractivity contribution in [2.45, 2.75) is 11.8 Å². The molecule has 0 spiro atoms. The highest BCUT2D eigenvalue weighted by atomic mass is 79.9. The highest BCUT2D eigenvalue weighted by Crippen LogP contribution is 2.43. The summed E-state index contributed by atoms with van der Waals surface area (Å²) in [4.78, 5) is 0.839. The van der Waals surface area contributed by atoms with Gasteiger partial charge in [-0.3, -0.25) is 0 Å². The van der Waals surface area contributed by atoms with Crippen LogP contribution in [0.2, 0.25) is 0 Å². The molecule has 1 aromatic heterocycles. The van der Waals surface area contributed by atoms with Crippen LogP contribution in [0.4, 0.5) is 4.39 Å². The fourth-order valence-corrected chi connectivity index (χ4v) is 4.11. The molecular formula is C13H11Br2FOS. The topological polar surface area (TPSA) is 9.23 Å². The SMILES string of the molecule is COc1cccc(F)c1C(Br)c1cc(C)c(Br)s1. The molecule has 1 unspecified atom stereocenters. The van der Waals surface area contributed by atoms with Gasteiger partial charge in [-0.1, -0.05) is 22.0 Å². The maximum absolute atomic E-state index is 14.0. The molecule has 0 radical (unpaired) electrons. The molecule has 0 N–H and O–H groups in total. The maximum Gasteiger partial charge on any atom is 0.131 e. The molecule has 96 valence electrons. The van der Waals surface area contributed by atoms with Crippen LogP contribution < -0.4 is 4.74 Å². The number of hydrogen-bond donors (Lipinski definition) is 0. The summed E-state index contributed by atoms with van der Waals surface area (Å²) < 4.78 is 20.3. The van der Waals surface area contributed by atoms with Crippen molar-refractivity contribution in [2.24, 2.45) is 0 Å². The second-order valence-electron chi connectivity index (χ2n) is 3.82. The largest absolute Gasteiger partial charge is 0.496 e. The van der Waals surface area contributed by atoms with E-state index in [2.05, 4.69) is 31.9 Å². The normalized spacial score (nSPS) is 12.5. The number of halogens is 3. The summed E-state index contributed by atoms with van der Waals surface area (Å²) in [6.07, 6.45) is 0. The predicted molar refractivity (Wildman–Crippen MR) is 80.5 cm³/mol. The van der Waals surface area contributed by atoms with E-state index in [-0.39, 0.29) is 10.6 Å². The third-order valence-corrected chi connectivity index (χ3v) is 6.07. The molecular weight excluding hydrogens is 383 g/mol.